The van der Waals surface area contributed by atoms with Gasteiger partial charge in [-0.15, -0.1) is 0 Å². The quantitative estimate of drug-likeness (QED) is 0.833. The Kier molecular flexibility index (Phi) is 4.66. The summed E-state index contributed by atoms with van der Waals surface area (Å²) in [5.74, 6) is -0.551. The highest BCUT2D eigenvalue weighted by Crippen LogP contribution is 2.23. The summed E-state index contributed by atoms with van der Waals surface area (Å²) < 4.78 is 0. The number of aliphatic carboxylic acids is 1. The second kappa shape index (κ2) is 6.26. The van der Waals surface area contributed by atoms with Gasteiger partial charge in [-0.2, -0.15) is 0 Å². The van der Waals surface area contributed by atoms with E-state index < -0.39 is 5.97 Å². The van der Waals surface area contributed by atoms with E-state index in [0.29, 0.717) is 25.4 Å². The van der Waals surface area contributed by atoms with Crippen LogP contribution in [0.1, 0.15) is 39.0 Å². The monoisotopic (exact) mass is 268 g/mol. The number of piperidine rings is 2. The number of likely N-dealkylation sites (tertiary alicyclic amines) is 2. The summed E-state index contributed by atoms with van der Waals surface area (Å²) in [4.78, 5) is 27.1. The lowest BCUT2D eigenvalue weighted by Gasteiger charge is -2.38. The van der Waals surface area contributed by atoms with Crippen molar-refractivity contribution in [2.45, 2.75) is 39.0 Å². The first-order valence-electron chi connectivity index (χ1n) is 7.38. The van der Waals surface area contributed by atoms with Gasteiger partial charge in [-0.25, -0.2) is 4.79 Å². The molecule has 5 heteroatoms. The average molecular weight is 268 g/mol. The first-order chi connectivity index (χ1) is 9.11. The van der Waals surface area contributed by atoms with Crippen molar-refractivity contribution < 1.29 is 14.7 Å². The molecule has 2 aliphatic heterocycles. The Bertz CT molecular complexity index is 346. The third-order valence-electron chi connectivity index (χ3n) is 4.41. The zero-order valence-corrected chi connectivity index (χ0v) is 11.7. The number of urea groups is 1. The van der Waals surface area contributed by atoms with Crippen molar-refractivity contribution in [3.05, 3.63) is 0 Å². The lowest BCUT2D eigenvalue weighted by atomic mass is 9.95. The van der Waals surface area contributed by atoms with Crippen molar-refractivity contribution >= 4 is 12.0 Å². The largest absolute Gasteiger partial charge is 0.481 e. The maximum atomic E-state index is 12.4. The molecular formula is C14H24N2O3. The van der Waals surface area contributed by atoms with Crippen LogP contribution in [0.15, 0.2) is 0 Å². The number of carboxylic acids is 1. The zero-order valence-electron chi connectivity index (χ0n) is 11.7. The van der Waals surface area contributed by atoms with Gasteiger partial charge in [-0.1, -0.05) is 13.3 Å². The number of carboxylic acid groups (broad SMARTS) is 1. The maximum Gasteiger partial charge on any atom is 0.320 e. The van der Waals surface area contributed by atoms with E-state index in [0.717, 1.165) is 32.4 Å². The molecule has 0 aromatic carbocycles. The van der Waals surface area contributed by atoms with Gasteiger partial charge in [0.15, 0.2) is 0 Å². The fourth-order valence-corrected chi connectivity index (χ4v) is 3.12. The van der Waals surface area contributed by atoms with Gasteiger partial charge < -0.3 is 14.9 Å². The summed E-state index contributed by atoms with van der Waals surface area (Å²) >= 11 is 0. The predicted molar refractivity (Wildman–Crippen MR) is 71.9 cm³/mol. The Labute approximate surface area is 114 Å². The van der Waals surface area contributed by atoms with E-state index in [1.165, 1.54) is 6.42 Å². The number of hydrogen-bond acceptors (Lipinski definition) is 2. The molecule has 2 amide bonds. The van der Waals surface area contributed by atoms with Gasteiger partial charge in [0, 0.05) is 26.2 Å². The molecule has 0 radical (unpaired) electrons. The molecule has 2 rings (SSSR count). The molecule has 1 N–H and O–H groups in total. The Morgan fingerprint density at radius 3 is 2.37 bits per heavy atom. The predicted octanol–water partition coefficient (Wildman–Crippen LogP) is 2.03. The van der Waals surface area contributed by atoms with Crippen molar-refractivity contribution in [3.63, 3.8) is 0 Å². The highest BCUT2D eigenvalue weighted by molar-refractivity contribution is 5.76. The molecule has 2 aliphatic rings. The summed E-state index contributed by atoms with van der Waals surface area (Å²) in [5, 5.41) is 9.08. The third-order valence-corrected chi connectivity index (χ3v) is 4.41. The van der Waals surface area contributed by atoms with Crippen LogP contribution in [0, 0.1) is 11.8 Å². The summed E-state index contributed by atoms with van der Waals surface area (Å²) in [6.07, 6.45) is 4.88. The van der Waals surface area contributed by atoms with Crippen LogP contribution in [0.2, 0.25) is 0 Å². The van der Waals surface area contributed by atoms with Gasteiger partial charge in [0.25, 0.3) is 0 Å². The molecular weight excluding hydrogens is 244 g/mol. The van der Waals surface area contributed by atoms with Crippen LogP contribution in [0.4, 0.5) is 4.79 Å². The highest BCUT2D eigenvalue weighted by atomic mass is 16.4. The molecule has 0 aromatic rings. The van der Waals surface area contributed by atoms with E-state index in [1.807, 2.05) is 4.90 Å². The minimum absolute atomic E-state index is 0.0455. The van der Waals surface area contributed by atoms with E-state index in [1.54, 1.807) is 4.90 Å². The Morgan fingerprint density at radius 1 is 1.11 bits per heavy atom. The smallest absolute Gasteiger partial charge is 0.320 e. The number of amides is 2. The van der Waals surface area contributed by atoms with Gasteiger partial charge in [0.2, 0.25) is 0 Å². The molecule has 0 saturated carbocycles. The van der Waals surface area contributed by atoms with Crippen LogP contribution < -0.4 is 0 Å². The second-order valence-electron chi connectivity index (χ2n) is 5.77. The molecule has 5 nitrogen and oxygen atoms in total. The maximum absolute atomic E-state index is 12.4. The van der Waals surface area contributed by atoms with Crippen LogP contribution >= 0.6 is 0 Å². The Morgan fingerprint density at radius 2 is 1.74 bits per heavy atom. The summed E-state index contributed by atoms with van der Waals surface area (Å²) in [5.41, 5.74) is 0. The molecule has 2 saturated heterocycles. The van der Waals surface area contributed by atoms with Gasteiger partial charge >= 0.3 is 12.0 Å². The van der Waals surface area contributed by atoms with Crippen LogP contribution in [0.25, 0.3) is 0 Å². The van der Waals surface area contributed by atoms with Gasteiger partial charge in [-0.05, 0) is 31.6 Å². The molecule has 0 bridgehead atoms. The van der Waals surface area contributed by atoms with Crippen molar-refractivity contribution in [2.75, 3.05) is 26.2 Å². The lowest BCUT2D eigenvalue weighted by molar-refractivity contribution is -0.143. The standard InChI is InChI=1S/C14H24N2O3/c1-2-11-5-3-7-15(9-11)14(19)16-8-4-6-12(10-16)13(17)18/h11-12H,2-10H2,1H3,(H,17,18). The number of carbonyl (C=O) groups excluding carboxylic acids is 1. The third kappa shape index (κ3) is 3.39. The molecule has 0 aliphatic carbocycles. The SMILES string of the molecule is CCC1CCCN(C(=O)N2CCCC(C(=O)O)C2)C1. The van der Waals surface area contributed by atoms with Crippen molar-refractivity contribution in [1.82, 2.24) is 9.80 Å². The fourth-order valence-electron chi connectivity index (χ4n) is 3.12. The molecule has 2 atom stereocenters. The minimum atomic E-state index is -0.775. The lowest BCUT2D eigenvalue weighted by Crippen LogP contribution is -2.51. The first-order valence-corrected chi connectivity index (χ1v) is 7.38. The van der Waals surface area contributed by atoms with Gasteiger partial charge in [-0.3, -0.25) is 4.79 Å². The van der Waals surface area contributed by atoms with Crippen molar-refractivity contribution in [1.29, 1.82) is 0 Å². The zero-order chi connectivity index (χ0) is 13.8. The number of nitrogens with zero attached hydrogens (tertiary/aromatic N) is 2. The van der Waals surface area contributed by atoms with Crippen LogP contribution in [-0.2, 0) is 4.79 Å². The van der Waals surface area contributed by atoms with E-state index in [9.17, 15) is 9.59 Å². The number of rotatable bonds is 2. The van der Waals surface area contributed by atoms with Crippen LogP contribution in [0.5, 0.6) is 0 Å². The topological polar surface area (TPSA) is 60.9 Å². The van der Waals surface area contributed by atoms with Gasteiger partial charge in [0.1, 0.15) is 0 Å². The van der Waals surface area contributed by atoms with E-state index >= 15 is 0 Å². The molecule has 0 aromatic heterocycles. The molecule has 0 spiro atoms. The summed E-state index contributed by atoms with van der Waals surface area (Å²) in [6, 6.07) is 0.0455. The van der Waals surface area contributed by atoms with Crippen LogP contribution in [-0.4, -0.2) is 53.1 Å². The van der Waals surface area contributed by atoms with E-state index in [2.05, 4.69) is 6.92 Å². The summed E-state index contributed by atoms with van der Waals surface area (Å²) in [6.45, 7) is 4.91. The molecule has 108 valence electrons. The minimum Gasteiger partial charge on any atom is -0.481 e. The van der Waals surface area contributed by atoms with Crippen molar-refractivity contribution in [2.24, 2.45) is 11.8 Å². The Hall–Kier alpha value is -1.26. The normalized spacial score (nSPS) is 28.3. The average Bonchev–Trinajstić information content (AvgIpc) is 2.46. The second-order valence-corrected chi connectivity index (χ2v) is 5.77. The van der Waals surface area contributed by atoms with Gasteiger partial charge in [0.05, 0.1) is 5.92 Å². The van der Waals surface area contributed by atoms with E-state index in [-0.39, 0.29) is 11.9 Å². The van der Waals surface area contributed by atoms with Crippen LogP contribution in [0.3, 0.4) is 0 Å². The molecule has 2 unspecified atom stereocenters. The molecule has 19 heavy (non-hydrogen) atoms. The number of carbonyl (C=O) groups is 2. The number of hydrogen-bond donors (Lipinski definition) is 1. The Balaban J connectivity index is 1.93. The highest BCUT2D eigenvalue weighted by Gasteiger charge is 2.32. The van der Waals surface area contributed by atoms with E-state index in [4.69, 9.17) is 5.11 Å². The molecule has 2 fully saturated rings. The first kappa shape index (κ1) is 14.2. The van der Waals surface area contributed by atoms with Crippen molar-refractivity contribution in [3.8, 4) is 0 Å². The molecule has 2 heterocycles. The fraction of sp³-hybridized carbons (Fsp3) is 0.857. The summed E-state index contributed by atoms with van der Waals surface area (Å²) in [7, 11) is 0.